The van der Waals surface area contributed by atoms with Crippen LogP contribution in [0.3, 0.4) is 0 Å². The number of hydrogen-bond donors (Lipinski definition) is 0. The van der Waals surface area contributed by atoms with Gasteiger partial charge < -0.3 is 9.31 Å². The molecule has 6 heteroatoms. The van der Waals surface area contributed by atoms with Crippen LogP contribution in [0.25, 0.3) is 0 Å². The zero-order valence-corrected chi connectivity index (χ0v) is 9.80. The summed E-state index contributed by atoms with van der Waals surface area (Å²) < 4.78 is 19.9. The number of nitrogens with zero attached hydrogens (tertiary/aromatic N) is 1. The Bertz CT molecular complexity index is 497. The SMILES string of the molecule is O=[P+]([O-])OCc1ncc(Cc2ccccc2)o1. The minimum absolute atomic E-state index is 0.159. The summed E-state index contributed by atoms with van der Waals surface area (Å²) in [5.41, 5.74) is 1.10. The average molecular weight is 251 g/mol. The Hall–Kier alpha value is -1.55. The summed E-state index contributed by atoms with van der Waals surface area (Å²) in [7, 11) is -2.86. The fraction of sp³-hybridized carbons (Fsp3) is 0.182. The Balaban J connectivity index is 1.97. The molecule has 1 atom stereocenters. The highest BCUT2D eigenvalue weighted by molar-refractivity contribution is 7.30. The van der Waals surface area contributed by atoms with Gasteiger partial charge >= 0.3 is 8.25 Å². The second-order valence-electron chi connectivity index (χ2n) is 3.38. The highest BCUT2D eigenvalue weighted by atomic mass is 31.1. The van der Waals surface area contributed by atoms with Gasteiger partial charge in [0, 0.05) is 6.42 Å². The lowest BCUT2D eigenvalue weighted by atomic mass is 10.1. The molecule has 0 saturated heterocycles. The van der Waals surface area contributed by atoms with Gasteiger partial charge in [-0.25, -0.2) is 4.98 Å². The quantitative estimate of drug-likeness (QED) is 0.757. The standard InChI is InChI=1S/C11H10NO4P/c13-17(14)15-8-11-12-7-10(16-11)6-9-4-2-1-3-5-9/h1-5,7H,6,8H2. The van der Waals surface area contributed by atoms with Gasteiger partial charge in [-0.05, 0) is 10.1 Å². The predicted octanol–water partition coefficient (Wildman–Crippen LogP) is 1.80. The summed E-state index contributed by atoms with van der Waals surface area (Å²) in [6, 6.07) is 9.78. The van der Waals surface area contributed by atoms with E-state index in [4.69, 9.17) is 4.42 Å². The number of rotatable bonds is 5. The molecule has 1 heterocycles. The topological polar surface area (TPSA) is 75.4 Å². The van der Waals surface area contributed by atoms with Crippen LogP contribution in [0.15, 0.2) is 40.9 Å². The van der Waals surface area contributed by atoms with Crippen LogP contribution in [0.1, 0.15) is 17.2 Å². The molecule has 0 fully saturated rings. The number of aromatic nitrogens is 1. The first-order valence-corrected chi connectivity index (χ1v) is 6.08. The second kappa shape index (κ2) is 5.68. The molecule has 5 nitrogen and oxygen atoms in total. The van der Waals surface area contributed by atoms with Gasteiger partial charge in [-0.1, -0.05) is 30.3 Å². The van der Waals surface area contributed by atoms with E-state index in [1.807, 2.05) is 30.3 Å². The zero-order chi connectivity index (χ0) is 12.1. The van der Waals surface area contributed by atoms with Gasteiger partial charge in [-0.2, -0.15) is 0 Å². The molecule has 0 amide bonds. The van der Waals surface area contributed by atoms with Crippen molar-refractivity contribution >= 4 is 8.25 Å². The lowest BCUT2D eigenvalue weighted by Gasteiger charge is -1.96. The van der Waals surface area contributed by atoms with Crippen LogP contribution in [-0.2, 0) is 22.1 Å². The molecule has 1 aromatic heterocycles. The predicted molar refractivity (Wildman–Crippen MR) is 58.1 cm³/mol. The van der Waals surface area contributed by atoms with Gasteiger partial charge in [-0.15, -0.1) is 4.52 Å². The van der Waals surface area contributed by atoms with Crippen LogP contribution in [0.4, 0.5) is 0 Å². The van der Waals surface area contributed by atoms with Crippen molar-refractivity contribution in [3.63, 3.8) is 0 Å². The van der Waals surface area contributed by atoms with E-state index in [-0.39, 0.29) is 12.5 Å². The third kappa shape index (κ3) is 3.75. The lowest BCUT2D eigenvalue weighted by Crippen LogP contribution is -1.92. The highest BCUT2D eigenvalue weighted by Crippen LogP contribution is 2.15. The third-order valence-electron chi connectivity index (χ3n) is 2.12. The zero-order valence-electron chi connectivity index (χ0n) is 8.91. The smallest absolute Gasteiger partial charge is 0.488 e. The van der Waals surface area contributed by atoms with Crippen molar-refractivity contribution in [2.75, 3.05) is 0 Å². The van der Waals surface area contributed by atoms with Crippen LogP contribution >= 0.6 is 8.25 Å². The molecule has 17 heavy (non-hydrogen) atoms. The minimum atomic E-state index is -2.86. The molecule has 0 radical (unpaired) electrons. The van der Waals surface area contributed by atoms with E-state index in [0.717, 1.165) is 5.56 Å². The Morgan fingerprint density at radius 2 is 2.12 bits per heavy atom. The summed E-state index contributed by atoms with van der Waals surface area (Å²) in [6.07, 6.45) is 2.20. The average Bonchev–Trinajstić information content (AvgIpc) is 2.75. The maximum Gasteiger partial charge on any atom is 0.488 e. The maximum atomic E-state index is 10.2. The Morgan fingerprint density at radius 1 is 1.35 bits per heavy atom. The molecular weight excluding hydrogens is 241 g/mol. The van der Waals surface area contributed by atoms with Crippen LogP contribution in [0, 0.1) is 0 Å². The molecule has 0 N–H and O–H groups in total. The third-order valence-corrected chi connectivity index (χ3v) is 2.46. The molecule has 2 aromatic rings. The van der Waals surface area contributed by atoms with Crippen LogP contribution < -0.4 is 4.89 Å². The van der Waals surface area contributed by atoms with Gasteiger partial charge in [-0.3, -0.25) is 0 Å². The van der Waals surface area contributed by atoms with Gasteiger partial charge in [0.25, 0.3) is 0 Å². The second-order valence-corrected chi connectivity index (χ2v) is 4.09. The molecule has 0 aliphatic rings. The van der Waals surface area contributed by atoms with E-state index < -0.39 is 8.25 Å². The molecule has 88 valence electrons. The van der Waals surface area contributed by atoms with Crippen LogP contribution in [-0.4, -0.2) is 4.98 Å². The van der Waals surface area contributed by atoms with Crippen molar-refractivity contribution in [3.8, 4) is 0 Å². The summed E-state index contributed by atoms with van der Waals surface area (Å²) in [5.74, 6) is 0.936. The molecular formula is C11H10NO4P. The molecule has 1 unspecified atom stereocenters. The minimum Gasteiger partial charge on any atom is -0.566 e. The van der Waals surface area contributed by atoms with Gasteiger partial charge in [0.15, 0.2) is 6.61 Å². The molecule has 0 bridgehead atoms. The summed E-state index contributed by atoms with van der Waals surface area (Å²) in [5, 5.41) is 0. The fourth-order valence-electron chi connectivity index (χ4n) is 1.40. The van der Waals surface area contributed by atoms with E-state index in [2.05, 4.69) is 9.51 Å². The van der Waals surface area contributed by atoms with E-state index >= 15 is 0 Å². The Morgan fingerprint density at radius 3 is 2.82 bits per heavy atom. The molecule has 0 aliphatic carbocycles. The largest absolute Gasteiger partial charge is 0.566 e. The number of benzene rings is 1. The van der Waals surface area contributed by atoms with Gasteiger partial charge in [0.2, 0.25) is 5.89 Å². The Labute approximate surface area is 99.0 Å². The van der Waals surface area contributed by atoms with E-state index in [1.165, 1.54) is 0 Å². The van der Waals surface area contributed by atoms with Crippen molar-refractivity contribution in [1.29, 1.82) is 0 Å². The summed E-state index contributed by atoms with van der Waals surface area (Å²) >= 11 is 0. The first kappa shape index (κ1) is 11.9. The van der Waals surface area contributed by atoms with Crippen LogP contribution in [0.5, 0.6) is 0 Å². The van der Waals surface area contributed by atoms with Gasteiger partial charge in [0.1, 0.15) is 5.76 Å². The summed E-state index contributed by atoms with van der Waals surface area (Å²) in [6.45, 7) is -0.159. The highest BCUT2D eigenvalue weighted by Gasteiger charge is 2.09. The Kier molecular flexibility index (Phi) is 3.98. The fourth-order valence-corrected chi connectivity index (χ4v) is 1.62. The molecule has 0 aliphatic heterocycles. The van der Waals surface area contributed by atoms with Crippen molar-refractivity contribution < 1.29 is 18.4 Å². The van der Waals surface area contributed by atoms with Gasteiger partial charge in [0.05, 0.1) is 6.20 Å². The van der Waals surface area contributed by atoms with Crippen molar-refractivity contribution in [3.05, 3.63) is 53.7 Å². The van der Waals surface area contributed by atoms with E-state index in [0.29, 0.717) is 12.2 Å². The molecule has 0 saturated carbocycles. The molecule has 0 spiro atoms. The first-order valence-electron chi connectivity index (χ1n) is 4.99. The van der Waals surface area contributed by atoms with Crippen LogP contribution in [0.2, 0.25) is 0 Å². The first-order chi connectivity index (χ1) is 8.24. The van der Waals surface area contributed by atoms with E-state index in [9.17, 15) is 9.46 Å². The van der Waals surface area contributed by atoms with Crippen molar-refractivity contribution in [2.24, 2.45) is 0 Å². The number of hydrogen-bond acceptors (Lipinski definition) is 5. The van der Waals surface area contributed by atoms with Crippen molar-refractivity contribution in [1.82, 2.24) is 4.98 Å². The molecule has 2 rings (SSSR count). The number of oxazole rings is 1. The molecule has 1 aromatic carbocycles. The lowest BCUT2D eigenvalue weighted by molar-refractivity contribution is -0.187. The van der Waals surface area contributed by atoms with Crippen molar-refractivity contribution in [2.45, 2.75) is 13.0 Å². The summed E-state index contributed by atoms with van der Waals surface area (Å²) in [4.78, 5) is 14.1. The normalized spacial score (nSPS) is 11.5. The monoisotopic (exact) mass is 251 g/mol. The maximum absolute atomic E-state index is 10.2. The van der Waals surface area contributed by atoms with E-state index in [1.54, 1.807) is 6.20 Å².